The number of halogens is 1. The number of benzene rings is 2. The lowest BCUT2D eigenvalue weighted by molar-refractivity contribution is -0.128. The average molecular weight is 427 g/mol. The molecule has 2 amide bonds. The highest BCUT2D eigenvalue weighted by Crippen LogP contribution is 2.34. The van der Waals surface area contributed by atoms with Crippen LogP contribution in [0.1, 0.15) is 46.3 Å². The van der Waals surface area contributed by atoms with Crippen molar-refractivity contribution in [1.29, 1.82) is 0 Å². The molecule has 1 fully saturated rings. The predicted molar refractivity (Wildman–Crippen MR) is 110 cm³/mol. The lowest BCUT2D eigenvalue weighted by Crippen LogP contribution is -2.36. The number of carbonyl (C=O) groups is 2. The Kier molecular flexibility index (Phi) is 5.04. The summed E-state index contributed by atoms with van der Waals surface area (Å²) in [5.74, 6) is 0.270. The van der Waals surface area contributed by atoms with Crippen molar-refractivity contribution >= 4 is 33.4 Å². The highest BCUT2D eigenvalue weighted by Gasteiger charge is 2.26. The summed E-state index contributed by atoms with van der Waals surface area (Å²) in [5, 5.41) is 0. The summed E-state index contributed by atoms with van der Waals surface area (Å²) in [6, 6.07) is 11.9. The molecule has 2 aromatic rings. The van der Waals surface area contributed by atoms with Gasteiger partial charge in [0.1, 0.15) is 0 Å². The summed E-state index contributed by atoms with van der Waals surface area (Å²) in [6.45, 7) is 4.27. The summed E-state index contributed by atoms with van der Waals surface area (Å²) >= 11 is 3.56. The van der Waals surface area contributed by atoms with E-state index in [2.05, 4.69) is 35.0 Å². The first-order valence-corrected chi connectivity index (χ1v) is 10.3. The Bertz CT molecular complexity index is 892. The molecule has 0 atom stereocenters. The zero-order valence-electron chi connectivity index (χ0n) is 15.5. The first kappa shape index (κ1) is 18.2. The van der Waals surface area contributed by atoms with Crippen LogP contribution in [0.25, 0.3) is 0 Å². The van der Waals surface area contributed by atoms with Gasteiger partial charge in [0.2, 0.25) is 5.91 Å². The average Bonchev–Trinajstić information content (AvgIpc) is 3.05. The van der Waals surface area contributed by atoms with Crippen molar-refractivity contribution < 1.29 is 9.59 Å². The Hall–Kier alpha value is -2.14. The van der Waals surface area contributed by atoms with Gasteiger partial charge in [0.25, 0.3) is 5.91 Å². The molecule has 2 heterocycles. The third kappa shape index (κ3) is 3.65. The van der Waals surface area contributed by atoms with Gasteiger partial charge in [-0.05, 0) is 67.1 Å². The van der Waals surface area contributed by atoms with E-state index in [9.17, 15) is 9.59 Å². The minimum atomic E-state index is 0.0465. The molecule has 2 aliphatic rings. The molecular formula is C22H23BrN2O2. The SMILES string of the molecule is Cc1cc(Br)cc2c1N(C(=O)c1ccc(CN3CCCC3=O)cc1)CCC2. The Morgan fingerprint density at radius 2 is 1.81 bits per heavy atom. The molecular weight excluding hydrogens is 404 g/mol. The number of rotatable bonds is 3. The lowest BCUT2D eigenvalue weighted by Gasteiger charge is -2.31. The van der Waals surface area contributed by atoms with E-state index >= 15 is 0 Å². The maximum atomic E-state index is 13.2. The fourth-order valence-electron chi connectivity index (χ4n) is 4.12. The van der Waals surface area contributed by atoms with E-state index < -0.39 is 0 Å². The molecule has 0 radical (unpaired) electrons. The van der Waals surface area contributed by atoms with Crippen LogP contribution < -0.4 is 4.90 Å². The molecule has 2 aromatic carbocycles. The van der Waals surface area contributed by atoms with Gasteiger partial charge in [-0.1, -0.05) is 28.1 Å². The van der Waals surface area contributed by atoms with E-state index in [1.165, 1.54) is 5.56 Å². The topological polar surface area (TPSA) is 40.6 Å². The van der Waals surface area contributed by atoms with E-state index in [-0.39, 0.29) is 11.8 Å². The second-order valence-electron chi connectivity index (χ2n) is 7.41. The number of hydrogen-bond donors (Lipinski definition) is 0. The van der Waals surface area contributed by atoms with Crippen molar-refractivity contribution in [3.8, 4) is 0 Å². The molecule has 1 saturated heterocycles. The molecule has 140 valence electrons. The molecule has 0 saturated carbocycles. The minimum absolute atomic E-state index is 0.0465. The molecule has 0 bridgehead atoms. The monoisotopic (exact) mass is 426 g/mol. The van der Waals surface area contributed by atoms with Gasteiger partial charge in [0.05, 0.1) is 5.69 Å². The van der Waals surface area contributed by atoms with E-state index in [4.69, 9.17) is 0 Å². The molecule has 0 unspecified atom stereocenters. The number of amides is 2. The summed E-state index contributed by atoms with van der Waals surface area (Å²) in [4.78, 5) is 28.8. The van der Waals surface area contributed by atoms with Crippen molar-refractivity contribution in [3.63, 3.8) is 0 Å². The first-order valence-electron chi connectivity index (χ1n) is 9.50. The summed E-state index contributed by atoms with van der Waals surface area (Å²) in [7, 11) is 0. The molecule has 4 rings (SSSR count). The largest absolute Gasteiger partial charge is 0.338 e. The number of likely N-dealkylation sites (tertiary alicyclic amines) is 1. The molecule has 0 spiro atoms. The van der Waals surface area contributed by atoms with E-state index in [0.29, 0.717) is 18.5 Å². The van der Waals surface area contributed by atoms with Gasteiger partial charge in [-0.15, -0.1) is 0 Å². The van der Waals surface area contributed by atoms with Crippen LogP contribution in [0.3, 0.4) is 0 Å². The maximum absolute atomic E-state index is 13.2. The van der Waals surface area contributed by atoms with Crippen molar-refractivity contribution in [3.05, 3.63) is 63.1 Å². The van der Waals surface area contributed by atoms with E-state index in [0.717, 1.165) is 53.6 Å². The molecule has 5 heteroatoms. The second kappa shape index (κ2) is 7.47. The van der Waals surface area contributed by atoms with Crippen LogP contribution in [0.5, 0.6) is 0 Å². The third-order valence-corrected chi connectivity index (χ3v) is 5.89. The summed E-state index contributed by atoms with van der Waals surface area (Å²) in [6.07, 6.45) is 3.58. The number of anilines is 1. The smallest absolute Gasteiger partial charge is 0.258 e. The number of nitrogens with zero attached hydrogens (tertiary/aromatic N) is 2. The molecule has 0 aliphatic carbocycles. The van der Waals surface area contributed by atoms with Crippen molar-refractivity contribution in [2.45, 2.75) is 39.2 Å². The standard InChI is InChI=1S/C22H23BrN2O2/c1-15-12-19(23)13-18-4-2-11-25(21(15)18)22(27)17-8-6-16(7-9-17)14-24-10-3-5-20(24)26/h6-9,12-13H,2-5,10-11,14H2,1H3. The maximum Gasteiger partial charge on any atom is 0.258 e. The van der Waals surface area contributed by atoms with Crippen LogP contribution in [-0.2, 0) is 17.8 Å². The van der Waals surface area contributed by atoms with Crippen LogP contribution in [0, 0.1) is 6.92 Å². The van der Waals surface area contributed by atoms with Crippen molar-refractivity contribution in [2.24, 2.45) is 0 Å². The van der Waals surface area contributed by atoms with Crippen LogP contribution >= 0.6 is 15.9 Å². The normalized spacial score (nSPS) is 16.6. The number of carbonyl (C=O) groups excluding carboxylic acids is 2. The Labute approximate surface area is 168 Å². The van der Waals surface area contributed by atoms with Crippen LogP contribution in [0.2, 0.25) is 0 Å². The van der Waals surface area contributed by atoms with Gasteiger partial charge < -0.3 is 9.80 Å². The highest BCUT2D eigenvalue weighted by molar-refractivity contribution is 9.10. The van der Waals surface area contributed by atoms with E-state index in [1.54, 1.807) is 0 Å². The molecule has 27 heavy (non-hydrogen) atoms. The van der Waals surface area contributed by atoms with Gasteiger partial charge in [0, 0.05) is 36.1 Å². The number of fused-ring (bicyclic) bond motifs is 1. The molecule has 2 aliphatic heterocycles. The van der Waals surface area contributed by atoms with Crippen molar-refractivity contribution in [1.82, 2.24) is 4.90 Å². The summed E-state index contributed by atoms with van der Waals surface area (Å²) < 4.78 is 1.06. The molecule has 0 N–H and O–H groups in total. The Morgan fingerprint density at radius 3 is 2.52 bits per heavy atom. The number of aryl methyl sites for hydroxylation is 2. The van der Waals surface area contributed by atoms with Gasteiger partial charge in [0.15, 0.2) is 0 Å². The zero-order valence-corrected chi connectivity index (χ0v) is 17.1. The number of hydrogen-bond acceptors (Lipinski definition) is 2. The third-order valence-electron chi connectivity index (χ3n) is 5.43. The fraction of sp³-hybridized carbons (Fsp3) is 0.364. The van der Waals surface area contributed by atoms with Crippen molar-refractivity contribution in [2.75, 3.05) is 18.0 Å². The first-order chi connectivity index (χ1) is 13.0. The van der Waals surface area contributed by atoms with E-state index in [1.807, 2.05) is 34.1 Å². The fourth-order valence-corrected chi connectivity index (χ4v) is 4.74. The van der Waals surface area contributed by atoms with Gasteiger partial charge in [-0.2, -0.15) is 0 Å². The molecule has 0 aromatic heterocycles. The van der Waals surface area contributed by atoms with Gasteiger partial charge in [-0.3, -0.25) is 9.59 Å². The molecule has 4 nitrogen and oxygen atoms in total. The summed E-state index contributed by atoms with van der Waals surface area (Å²) in [5.41, 5.74) is 5.17. The van der Waals surface area contributed by atoms with Crippen LogP contribution in [0.15, 0.2) is 40.9 Å². The quantitative estimate of drug-likeness (QED) is 0.725. The lowest BCUT2D eigenvalue weighted by atomic mass is 9.97. The minimum Gasteiger partial charge on any atom is -0.338 e. The Balaban J connectivity index is 1.55. The Morgan fingerprint density at radius 1 is 1.07 bits per heavy atom. The van der Waals surface area contributed by atoms with Gasteiger partial charge >= 0.3 is 0 Å². The predicted octanol–water partition coefficient (Wildman–Crippen LogP) is 4.47. The zero-order chi connectivity index (χ0) is 19.0. The second-order valence-corrected chi connectivity index (χ2v) is 8.32. The highest BCUT2D eigenvalue weighted by atomic mass is 79.9. The van der Waals surface area contributed by atoms with Gasteiger partial charge in [-0.25, -0.2) is 0 Å². The van der Waals surface area contributed by atoms with Crippen LogP contribution in [-0.4, -0.2) is 29.8 Å². The van der Waals surface area contributed by atoms with Crippen LogP contribution in [0.4, 0.5) is 5.69 Å².